The topological polar surface area (TPSA) is 88.8 Å². The molecule has 7 nitrogen and oxygen atoms in total. The van der Waals surface area contributed by atoms with Gasteiger partial charge in [0.1, 0.15) is 17.6 Å². The van der Waals surface area contributed by atoms with Crippen molar-refractivity contribution in [1.29, 1.82) is 0 Å². The van der Waals surface area contributed by atoms with Gasteiger partial charge in [0.25, 0.3) is 0 Å². The molecule has 0 spiro atoms. The maximum Gasteiger partial charge on any atom is 0.243 e. The number of methoxy groups -OCH3 is 1. The highest BCUT2D eigenvalue weighted by Gasteiger charge is 2.31. The van der Waals surface area contributed by atoms with Crippen molar-refractivity contribution in [2.24, 2.45) is 0 Å². The lowest BCUT2D eigenvalue weighted by atomic mass is 10.2. The molecule has 2 rings (SSSR count). The molecule has 0 fully saturated rings. The van der Waals surface area contributed by atoms with Crippen LogP contribution in [0.15, 0.2) is 41.0 Å². The van der Waals surface area contributed by atoms with Crippen LogP contribution < -0.4 is 14.4 Å². The molecule has 1 aromatic carbocycles. The average Bonchev–Trinajstić information content (AvgIpc) is 3.14. The maximum absolute atomic E-state index is 12.6. The molecule has 1 N–H and O–H groups in total. The Bertz CT molecular complexity index is 882. The summed E-state index contributed by atoms with van der Waals surface area (Å²) in [6.07, 6.45) is 2.70. The Labute approximate surface area is 170 Å². The second-order valence-electron chi connectivity index (χ2n) is 6.33. The fraction of sp³-hybridized carbons (Fsp3) is 0.421. The summed E-state index contributed by atoms with van der Waals surface area (Å²) in [7, 11) is -2.23. The van der Waals surface area contributed by atoms with Crippen molar-refractivity contribution in [2.45, 2.75) is 25.6 Å². The van der Waals surface area contributed by atoms with E-state index in [-0.39, 0.29) is 5.91 Å². The van der Waals surface area contributed by atoms with Crippen molar-refractivity contribution in [3.63, 3.8) is 0 Å². The fourth-order valence-corrected chi connectivity index (χ4v) is 4.64. The number of aryl methyl sites for hydroxylation is 1. The molecule has 1 heterocycles. The van der Waals surface area contributed by atoms with Gasteiger partial charge in [-0.1, -0.05) is 6.07 Å². The van der Waals surface area contributed by atoms with E-state index in [1.165, 1.54) is 7.11 Å². The van der Waals surface area contributed by atoms with Gasteiger partial charge in [-0.2, -0.15) is 11.8 Å². The summed E-state index contributed by atoms with van der Waals surface area (Å²) in [4.78, 5) is 12.6. The van der Waals surface area contributed by atoms with Gasteiger partial charge < -0.3 is 14.5 Å². The minimum absolute atomic E-state index is 0.347. The molecule has 1 aromatic heterocycles. The summed E-state index contributed by atoms with van der Waals surface area (Å²) in [5, 5.41) is 2.80. The smallest absolute Gasteiger partial charge is 0.243 e. The van der Waals surface area contributed by atoms with Crippen LogP contribution in [0.25, 0.3) is 0 Å². The standard InChI is InChI=1S/C19H26N2O5S2/c1-14-7-8-18(25-3)17(12-14)21(28(4,23)24)15(2)19(22)20-9-11-27-13-16-6-5-10-26-16/h5-8,10,12,15H,9,11,13H2,1-4H3,(H,20,22). The zero-order chi connectivity index (χ0) is 20.7. The minimum Gasteiger partial charge on any atom is -0.495 e. The Morgan fingerprint density at radius 1 is 1.36 bits per heavy atom. The van der Waals surface area contributed by atoms with E-state index < -0.39 is 16.1 Å². The molecule has 1 atom stereocenters. The number of carbonyl (C=O) groups is 1. The number of furan rings is 1. The number of sulfonamides is 1. The van der Waals surface area contributed by atoms with Crippen molar-refractivity contribution >= 4 is 33.4 Å². The second-order valence-corrected chi connectivity index (χ2v) is 9.30. The Balaban J connectivity index is 2.03. The fourth-order valence-electron chi connectivity index (χ4n) is 2.71. The molecular weight excluding hydrogens is 400 g/mol. The van der Waals surface area contributed by atoms with Crippen LogP contribution in [-0.2, 0) is 20.6 Å². The van der Waals surface area contributed by atoms with Crippen LogP contribution in [0.4, 0.5) is 5.69 Å². The van der Waals surface area contributed by atoms with Crippen molar-refractivity contribution in [3.05, 3.63) is 47.9 Å². The van der Waals surface area contributed by atoms with E-state index in [0.717, 1.165) is 21.9 Å². The summed E-state index contributed by atoms with van der Waals surface area (Å²) >= 11 is 1.62. The molecule has 0 aliphatic rings. The molecule has 0 saturated heterocycles. The first-order valence-electron chi connectivity index (χ1n) is 8.76. The predicted molar refractivity (Wildman–Crippen MR) is 112 cm³/mol. The molecular formula is C19H26N2O5S2. The summed E-state index contributed by atoms with van der Waals surface area (Å²) in [6, 6.07) is 8.03. The average molecular weight is 427 g/mol. The number of nitrogens with zero attached hydrogens (tertiary/aromatic N) is 1. The largest absolute Gasteiger partial charge is 0.495 e. The van der Waals surface area contributed by atoms with Gasteiger partial charge in [-0.25, -0.2) is 8.42 Å². The van der Waals surface area contributed by atoms with Crippen molar-refractivity contribution < 1.29 is 22.4 Å². The number of amides is 1. The molecule has 0 aliphatic heterocycles. The van der Waals surface area contributed by atoms with Crippen LogP contribution in [0.3, 0.4) is 0 Å². The number of carbonyl (C=O) groups excluding carboxylic acids is 1. The van der Waals surface area contributed by atoms with E-state index in [4.69, 9.17) is 9.15 Å². The first-order chi connectivity index (χ1) is 13.2. The molecule has 1 unspecified atom stereocenters. The van der Waals surface area contributed by atoms with Gasteiger partial charge in [-0.05, 0) is 43.7 Å². The van der Waals surface area contributed by atoms with E-state index >= 15 is 0 Å². The highest BCUT2D eigenvalue weighted by Crippen LogP contribution is 2.32. The molecule has 0 bridgehead atoms. The van der Waals surface area contributed by atoms with Crippen molar-refractivity contribution in [2.75, 3.05) is 30.0 Å². The number of nitrogens with one attached hydrogen (secondary N) is 1. The van der Waals surface area contributed by atoms with Crippen LogP contribution >= 0.6 is 11.8 Å². The van der Waals surface area contributed by atoms with Crippen LogP contribution in [0.5, 0.6) is 5.75 Å². The van der Waals surface area contributed by atoms with Gasteiger partial charge in [-0.15, -0.1) is 0 Å². The van der Waals surface area contributed by atoms with E-state index in [0.29, 0.717) is 29.5 Å². The summed E-state index contributed by atoms with van der Waals surface area (Å²) in [5.41, 5.74) is 1.21. The quantitative estimate of drug-likeness (QED) is 0.588. The Kier molecular flexibility index (Phi) is 7.82. The van der Waals surface area contributed by atoms with Crippen LogP contribution in [0.2, 0.25) is 0 Å². The normalized spacial score (nSPS) is 12.4. The maximum atomic E-state index is 12.6. The predicted octanol–water partition coefficient (Wildman–Crippen LogP) is 2.80. The van der Waals surface area contributed by atoms with E-state index in [1.54, 1.807) is 37.1 Å². The number of benzene rings is 1. The Hall–Kier alpha value is -2.13. The first kappa shape index (κ1) is 22.2. The summed E-state index contributed by atoms with van der Waals surface area (Å²) in [6.45, 7) is 3.84. The monoisotopic (exact) mass is 426 g/mol. The molecule has 0 radical (unpaired) electrons. The van der Waals surface area contributed by atoms with E-state index in [9.17, 15) is 13.2 Å². The van der Waals surface area contributed by atoms with Gasteiger partial charge in [0.15, 0.2) is 0 Å². The molecule has 154 valence electrons. The number of hydrogen-bond donors (Lipinski definition) is 1. The zero-order valence-electron chi connectivity index (χ0n) is 16.5. The first-order valence-corrected chi connectivity index (χ1v) is 11.8. The highest BCUT2D eigenvalue weighted by molar-refractivity contribution is 7.98. The van der Waals surface area contributed by atoms with E-state index in [1.807, 2.05) is 25.1 Å². The summed E-state index contributed by atoms with van der Waals surface area (Å²) in [5.74, 6) is 2.30. The van der Waals surface area contributed by atoms with Crippen LogP contribution in [0.1, 0.15) is 18.2 Å². The van der Waals surface area contributed by atoms with Gasteiger partial charge in [-0.3, -0.25) is 9.10 Å². The lowest BCUT2D eigenvalue weighted by Crippen LogP contribution is -2.48. The van der Waals surface area contributed by atoms with Gasteiger partial charge >= 0.3 is 0 Å². The number of hydrogen-bond acceptors (Lipinski definition) is 6. The third-order valence-electron chi connectivity index (χ3n) is 4.03. The SMILES string of the molecule is COc1ccc(C)cc1N(C(C)C(=O)NCCSCc1ccco1)S(C)(=O)=O. The third-order valence-corrected chi connectivity index (χ3v) is 6.24. The van der Waals surface area contributed by atoms with Gasteiger partial charge in [0, 0.05) is 12.3 Å². The number of thioether (sulfide) groups is 1. The van der Waals surface area contributed by atoms with E-state index in [2.05, 4.69) is 5.32 Å². The number of rotatable bonds is 10. The van der Waals surface area contributed by atoms with Gasteiger partial charge in [0.2, 0.25) is 15.9 Å². The number of ether oxygens (including phenoxy) is 1. The van der Waals surface area contributed by atoms with Crippen molar-refractivity contribution in [3.8, 4) is 5.75 Å². The molecule has 9 heteroatoms. The minimum atomic E-state index is -3.70. The van der Waals surface area contributed by atoms with Crippen LogP contribution in [0, 0.1) is 6.92 Å². The lowest BCUT2D eigenvalue weighted by molar-refractivity contribution is -0.121. The number of anilines is 1. The summed E-state index contributed by atoms with van der Waals surface area (Å²) < 4.78 is 36.5. The lowest BCUT2D eigenvalue weighted by Gasteiger charge is -2.29. The van der Waals surface area contributed by atoms with Crippen molar-refractivity contribution in [1.82, 2.24) is 5.32 Å². The molecule has 28 heavy (non-hydrogen) atoms. The third kappa shape index (κ3) is 5.93. The molecule has 1 amide bonds. The van der Waals surface area contributed by atoms with Crippen LogP contribution in [-0.4, -0.2) is 46.0 Å². The molecule has 0 saturated carbocycles. The molecule has 0 aliphatic carbocycles. The van der Waals surface area contributed by atoms with Gasteiger partial charge in [0.05, 0.1) is 31.1 Å². The Morgan fingerprint density at radius 2 is 2.11 bits per heavy atom. The Morgan fingerprint density at radius 3 is 2.71 bits per heavy atom. The second kappa shape index (κ2) is 9.88. The highest BCUT2D eigenvalue weighted by atomic mass is 32.2. The molecule has 2 aromatic rings. The zero-order valence-corrected chi connectivity index (χ0v) is 18.1.